The van der Waals surface area contributed by atoms with Gasteiger partial charge in [-0.15, -0.1) is 0 Å². The summed E-state index contributed by atoms with van der Waals surface area (Å²) in [5, 5.41) is 9.61. The lowest BCUT2D eigenvalue weighted by molar-refractivity contribution is 0.0655. The lowest BCUT2D eigenvalue weighted by Crippen LogP contribution is -2.20. The lowest BCUT2D eigenvalue weighted by Gasteiger charge is -2.21. The van der Waals surface area contributed by atoms with Gasteiger partial charge in [-0.25, -0.2) is 4.79 Å². The van der Waals surface area contributed by atoms with Crippen LogP contribution in [0.25, 0.3) is 10.9 Å². The summed E-state index contributed by atoms with van der Waals surface area (Å²) >= 11 is 0. The van der Waals surface area contributed by atoms with Crippen LogP contribution in [0.1, 0.15) is 43.0 Å². The largest absolute Gasteiger partial charge is 0.454 e. The molecule has 148 valence electrons. The van der Waals surface area contributed by atoms with E-state index in [4.69, 9.17) is 14.2 Å². The predicted molar refractivity (Wildman–Crippen MR) is 103 cm³/mol. The monoisotopic (exact) mass is 385 g/mol. The van der Waals surface area contributed by atoms with E-state index in [0.717, 1.165) is 31.3 Å². The van der Waals surface area contributed by atoms with Crippen molar-refractivity contribution in [3.63, 3.8) is 0 Å². The topological polar surface area (TPSA) is 87.0 Å². The van der Waals surface area contributed by atoms with Gasteiger partial charge in [0.15, 0.2) is 11.5 Å². The summed E-state index contributed by atoms with van der Waals surface area (Å²) < 4.78 is 17.9. The third-order valence-corrected chi connectivity index (χ3v) is 5.47. The van der Waals surface area contributed by atoms with Crippen LogP contribution in [0.2, 0.25) is 0 Å². The molecule has 1 saturated carbocycles. The van der Waals surface area contributed by atoms with Crippen LogP contribution in [0, 0.1) is 5.92 Å². The highest BCUT2D eigenvalue weighted by atomic mass is 16.7. The Bertz CT molecular complexity index is 996. The molecule has 1 aromatic heterocycles. The van der Waals surface area contributed by atoms with Crippen LogP contribution >= 0.6 is 0 Å². The molecule has 2 heterocycles. The number of aromatic nitrogens is 1. The van der Waals surface area contributed by atoms with E-state index in [9.17, 15) is 14.7 Å². The number of nitrogens with zero attached hydrogens (tertiary/aromatic N) is 1. The van der Waals surface area contributed by atoms with Crippen molar-refractivity contribution >= 4 is 16.9 Å². The Kier molecular flexibility index (Phi) is 5.09. The van der Waals surface area contributed by atoms with Crippen molar-refractivity contribution in [1.82, 2.24) is 4.57 Å². The minimum absolute atomic E-state index is 0.00545. The molecule has 0 unspecified atom stereocenters. The van der Waals surface area contributed by atoms with Gasteiger partial charge in [-0.2, -0.15) is 0 Å². The molecule has 2 aliphatic rings. The van der Waals surface area contributed by atoms with Crippen molar-refractivity contribution in [3.8, 4) is 11.5 Å². The van der Waals surface area contributed by atoms with Crippen LogP contribution in [0.4, 0.5) is 0 Å². The molecule has 1 aromatic carbocycles. The number of ether oxygens (including phenoxy) is 3. The molecular weight excluding hydrogens is 362 g/mol. The van der Waals surface area contributed by atoms with Crippen molar-refractivity contribution in [2.75, 3.05) is 13.4 Å². The van der Waals surface area contributed by atoms with Gasteiger partial charge in [-0.1, -0.05) is 0 Å². The van der Waals surface area contributed by atoms with E-state index in [-0.39, 0.29) is 24.4 Å². The second-order valence-corrected chi connectivity index (χ2v) is 7.19. The number of benzene rings is 1. The Labute approximate surface area is 162 Å². The molecule has 1 fully saturated rings. The molecular formula is C21H23NO6. The molecule has 7 heteroatoms. The molecule has 0 atom stereocenters. The van der Waals surface area contributed by atoms with Crippen molar-refractivity contribution in [3.05, 3.63) is 46.0 Å². The molecule has 28 heavy (non-hydrogen) atoms. The fourth-order valence-electron chi connectivity index (χ4n) is 3.74. The fraction of sp³-hybridized carbons (Fsp3) is 0.429. The molecule has 1 N–H and O–H groups in total. The maximum Gasteiger partial charge on any atom is 0.348 e. The Morgan fingerprint density at radius 3 is 2.68 bits per heavy atom. The zero-order chi connectivity index (χ0) is 19.7. The smallest absolute Gasteiger partial charge is 0.348 e. The zero-order valence-electron chi connectivity index (χ0n) is 15.8. The second-order valence-electron chi connectivity index (χ2n) is 7.19. The summed E-state index contributed by atoms with van der Waals surface area (Å²) in [5.41, 5.74) is 1.33. The molecule has 0 bridgehead atoms. The highest BCUT2D eigenvalue weighted by molar-refractivity contribution is 5.95. The van der Waals surface area contributed by atoms with E-state index in [1.807, 2.05) is 11.5 Å². The number of pyridine rings is 1. The second kappa shape index (κ2) is 7.67. The zero-order valence-corrected chi connectivity index (χ0v) is 15.8. The number of allylic oxidation sites excluding steroid dienone is 1. The number of hydrogen-bond donors (Lipinski definition) is 1. The van der Waals surface area contributed by atoms with Crippen LogP contribution in [0.15, 0.2) is 35.0 Å². The summed E-state index contributed by atoms with van der Waals surface area (Å²) in [5.74, 6) is 0.745. The Balaban J connectivity index is 1.63. The minimum atomic E-state index is -0.663. The highest BCUT2D eigenvalue weighted by Crippen LogP contribution is 2.35. The number of esters is 1. The Hall–Kier alpha value is -2.80. The number of aryl methyl sites for hydroxylation is 1. The number of hydrogen-bond acceptors (Lipinski definition) is 6. The van der Waals surface area contributed by atoms with Gasteiger partial charge < -0.3 is 23.9 Å². The molecule has 0 spiro atoms. The van der Waals surface area contributed by atoms with Crippen molar-refractivity contribution < 1.29 is 24.1 Å². The fourth-order valence-corrected chi connectivity index (χ4v) is 3.74. The van der Waals surface area contributed by atoms with E-state index in [0.29, 0.717) is 34.9 Å². The predicted octanol–water partition coefficient (Wildman–Crippen LogP) is 2.97. The quantitative estimate of drug-likeness (QED) is 0.643. The van der Waals surface area contributed by atoms with E-state index in [2.05, 4.69) is 0 Å². The van der Waals surface area contributed by atoms with Crippen LogP contribution in [-0.4, -0.2) is 29.0 Å². The first-order chi connectivity index (χ1) is 13.6. The molecule has 0 radical (unpaired) electrons. The first-order valence-electron chi connectivity index (χ1n) is 9.57. The summed E-state index contributed by atoms with van der Waals surface area (Å²) in [7, 11) is 0. The van der Waals surface area contributed by atoms with Gasteiger partial charge in [0.25, 0.3) is 0 Å². The van der Waals surface area contributed by atoms with Crippen LogP contribution in [-0.2, 0) is 11.3 Å². The van der Waals surface area contributed by atoms with Gasteiger partial charge >= 0.3 is 5.97 Å². The molecule has 2 aromatic rings. The van der Waals surface area contributed by atoms with Crippen LogP contribution in [0.5, 0.6) is 11.5 Å². The summed E-state index contributed by atoms with van der Waals surface area (Å²) in [6.45, 7) is 2.83. The Morgan fingerprint density at radius 1 is 1.29 bits per heavy atom. The number of aliphatic hydroxyl groups is 1. The maximum absolute atomic E-state index is 12.9. The van der Waals surface area contributed by atoms with Gasteiger partial charge in [-0.3, -0.25) is 4.79 Å². The standard InChI is InChI=1S/C21H23NO6/c1-2-22-9-16(21(25)26-11-14-5-3-13(10-23)4-6-14)20(24)15-7-18-19(8-17(15)22)28-12-27-18/h7-9,11,13,23H,2-6,10,12H2,1H3. The van der Waals surface area contributed by atoms with Gasteiger partial charge in [0.1, 0.15) is 5.56 Å². The first kappa shape index (κ1) is 18.6. The number of carbonyl (C=O) groups is 1. The SMILES string of the molecule is CCn1cc(C(=O)OC=C2CCC(CO)CC2)c(=O)c2cc3c(cc21)OCO3. The van der Waals surface area contributed by atoms with E-state index >= 15 is 0 Å². The number of carbonyl (C=O) groups excluding carboxylic acids is 1. The number of fused-ring (bicyclic) bond motifs is 2. The van der Waals surface area contributed by atoms with Gasteiger partial charge in [0.05, 0.1) is 17.2 Å². The van der Waals surface area contributed by atoms with Crippen molar-refractivity contribution in [1.29, 1.82) is 0 Å². The summed E-state index contributed by atoms with van der Waals surface area (Å²) in [4.78, 5) is 25.5. The summed E-state index contributed by atoms with van der Waals surface area (Å²) in [6.07, 6.45) is 6.35. The maximum atomic E-state index is 12.9. The number of rotatable bonds is 4. The van der Waals surface area contributed by atoms with E-state index in [1.165, 1.54) is 12.5 Å². The first-order valence-corrected chi connectivity index (χ1v) is 9.57. The molecule has 0 saturated heterocycles. The minimum Gasteiger partial charge on any atom is -0.454 e. The van der Waals surface area contributed by atoms with Crippen LogP contribution in [0.3, 0.4) is 0 Å². The molecule has 1 aliphatic heterocycles. The highest BCUT2D eigenvalue weighted by Gasteiger charge is 2.22. The number of aliphatic hydroxyl groups excluding tert-OH is 1. The van der Waals surface area contributed by atoms with Crippen molar-refractivity contribution in [2.45, 2.75) is 39.2 Å². The third kappa shape index (κ3) is 3.38. The van der Waals surface area contributed by atoms with Gasteiger partial charge in [0.2, 0.25) is 12.2 Å². The van der Waals surface area contributed by atoms with Crippen LogP contribution < -0.4 is 14.9 Å². The molecule has 0 amide bonds. The van der Waals surface area contributed by atoms with Crippen molar-refractivity contribution in [2.24, 2.45) is 5.92 Å². The molecule has 7 nitrogen and oxygen atoms in total. The van der Waals surface area contributed by atoms with Gasteiger partial charge in [0, 0.05) is 25.4 Å². The average molecular weight is 385 g/mol. The summed E-state index contributed by atoms with van der Waals surface area (Å²) in [6, 6.07) is 3.39. The average Bonchev–Trinajstić information content (AvgIpc) is 3.19. The molecule has 1 aliphatic carbocycles. The lowest BCUT2D eigenvalue weighted by atomic mass is 9.87. The van der Waals surface area contributed by atoms with E-state index in [1.54, 1.807) is 12.1 Å². The Morgan fingerprint density at radius 2 is 2.00 bits per heavy atom. The molecule has 4 rings (SSSR count). The normalized spacial score (nSPS) is 18.4. The third-order valence-electron chi connectivity index (χ3n) is 5.47. The van der Waals surface area contributed by atoms with Gasteiger partial charge in [-0.05, 0) is 50.2 Å². The van der Waals surface area contributed by atoms with E-state index < -0.39 is 5.97 Å².